The summed E-state index contributed by atoms with van der Waals surface area (Å²) in [6.07, 6.45) is -13.1. The zero-order valence-electron chi connectivity index (χ0n) is 13.8. The van der Waals surface area contributed by atoms with E-state index in [1.165, 1.54) is 0 Å². The van der Waals surface area contributed by atoms with Gasteiger partial charge in [0.25, 0.3) is 0 Å². The minimum Gasteiger partial charge on any atom is -0.481 e. The van der Waals surface area contributed by atoms with Gasteiger partial charge in [0, 0.05) is 17.3 Å². The Morgan fingerprint density at radius 2 is 2.20 bits per heavy atom. The van der Waals surface area contributed by atoms with E-state index in [1.807, 2.05) is 0 Å². The van der Waals surface area contributed by atoms with Gasteiger partial charge in [0.15, 0.2) is 0 Å². The third-order valence-corrected chi connectivity index (χ3v) is 0.695. The zero-order chi connectivity index (χ0) is 15.0. The number of carboxylic acid groups (broad SMARTS) is 1. The molecule has 2 heteroatoms. The Bertz CT molecular complexity index is 325. The normalized spacial score (nSPS) is 27.3. The van der Waals surface area contributed by atoms with E-state index < -0.39 is 31.5 Å². The molecule has 0 aliphatic carbocycles. The van der Waals surface area contributed by atoms with E-state index >= 15 is 0 Å². The van der Waals surface area contributed by atoms with Crippen LogP contribution in [0, 0.1) is 0 Å². The summed E-state index contributed by atoms with van der Waals surface area (Å²) < 4.78 is 59.0. The molecule has 0 radical (unpaired) electrons. The second-order valence-corrected chi connectivity index (χ2v) is 1.61. The van der Waals surface area contributed by atoms with Crippen molar-refractivity contribution < 1.29 is 20.9 Å². The van der Waals surface area contributed by atoms with Crippen molar-refractivity contribution in [2.24, 2.45) is 0 Å². The van der Waals surface area contributed by atoms with E-state index in [2.05, 4.69) is 0 Å². The Labute approximate surface area is 73.5 Å². The standard InChI is InChI=1S/C8H16O2/c1-2-3-4-5-6-7-8(9)10/h2-7H2,1H3,(H,9,10)/i4D2,5D2,6D2,7D2. The van der Waals surface area contributed by atoms with Crippen molar-refractivity contribution in [3.8, 4) is 0 Å². The molecule has 0 unspecified atom stereocenters. The molecule has 0 amide bonds. The van der Waals surface area contributed by atoms with Crippen LogP contribution < -0.4 is 0 Å². The molecule has 0 saturated carbocycles. The highest BCUT2D eigenvalue weighted by Crippen LogP contribution is 2.04. The van der Waals surface area contributed by atoms with Crippen LogP contribution >= 0.6 is 0 Å². The molecule has 0 aliphatic rings. The molecular formula is C8H16O2. The van der Waals surface area contributed by atoms with Crippen molar-refractivity contribution in [3.63, 3.8) is 0 Å². The number of hydrogen-bond acceptors (Lipinski definition) is 1. The van der Waals surface area contributed by atoms with E-state index in [4.69, 9.17) is 16.1 Å². The summed E-state index contributed by atoms with van der Waals surface area (Å²) in [4.78, 5) is 10.7. The summed E-state index contributed by atoms with van der Waals surface area (Å²) in [7, 11) is 0. The van der Waals surface area contributed by atoms with Crippen LogP contribution in [-0.2, 0) is 4.79 Å². The van der Waals surface area contributed by atoms with Gasteiger partial charge < -0.3 is 5.11 Å². The summed E-state index contributed by atoms with van der Waals surface area (Å²) in [5.74, 6) is -2.16. The number of hydrogen-bond donors (Lipinski definition) is 1. The minimum atomic E-state index is -3.53. The van der Waals surface area contributed by atoms with Gasteiger partial charge in [-0.15, -0.1) is 0 Å². The fourth-order valence-corrected chi connectivity index (χ4v) is 0.316. The molecule has 0 aromatic rings. The van der Waals surface area contributed by atoms with Gasteiger partial charge >= 0.3 is 5.97 Å². The van der Waals surface area contributed by atoms with Crippen LogP contribution in [0.2, 0.25) is 0 Å². The van der Waals surface area contributed by atoms with Crippen LogP contribution in [0.1, 0.15) is 56.2 Å². The van der Waals surface area contributed by atoms with E-state index in [9.17, 15) is 4.79 Å². The summed E-state index contributed by atoms with van der Waals surface area (Å²) in [5, 5.41) is 8.63. The monoisotopic (exact) mass is 152 g/mol. The fourth-order valence-electron chi connectivity index (χ4n) is 0.316. The third kappa shape index (κ3) is 7.47. The van der Waals surface area contributed by atoms with E-state index in [0.29, 0.717) is 0 Å². The molecule has 10 heavy (non-hydrogen) atoms. The number of carbonyl (C=O) groups is 1. The molecule has 0 spiro atoms. The first kappa shape index (κ1) is 2.50. The molecule has 1 N–H and O–H groups in total. The van der Waals surface area contributed by atoms with Crippen molar-refractivity contribution in [2.75, 3.05) is 0 Å². The van der Waals surface area contributed by atoms with Crippen molar-refractivity contribution in [1.29, 1.82) is 0 Å². The Balaban J connectivity index is 5.65. The van der Waals surface area contributed by atoms with Crippen LogP contribution in [0.25, 0.3) is 0 Å². The Hall–Kier alpha value is -0.530. The van der Waals surface area contributed by atoms with Gasteiger partial charge in [-0.05, 0) is 6.37 Å². The maximum absolute atomic E-state index is 10.7. The lowest BCUT2D eigenvalue weighted by molar-refractivity contribution is -0.137. The largest absolute Gasteiger partial charge is 0.481 e. The highest BCUT2D eigenvalue weighted by molar-refractivity contribution is 5.66. The Morgan fingerprint density at radius 3 is 2.70 bits per heavy atom. The first-order valence-electron chi connectivity index (χ1n) is 6.99. The predicted molar refractivity (Wildman–Crippen MR) is 41.0 cm³/mol. The van der Waals surface area contributed by atoms with E-state index in [0.717, 1.165) is 0 Å². The zero-order valence-corrected chi connectivity index (χ0v) is 5.77. The number of aliphatic carboxylic acids is 1. The van der Waals surface area contributed by atoms with Gasteiger partial charge in [-0.2, -0.15) is 0 Å². The van der Waals surface area contributed by atoms with Crippen molar-refractivity contribution in [1.82, 2.24) is 0 Å². The maximum atomic E-state index is 10.7. The predicted octanol–water partition coefficient (Wildman–Crippen LogP) is 2.43. The summed E-state index contributed by atoms with van der Waals surface area (Å²) >= 11 is 0. The lowest BCUT2D eigenvalue weighted by Crippen LogP contribution is -1.93. The van der Waals surface area contributed by atoms with E-state index in [-0.39, 0.29) is 12.8 Å². The maximum Gasteiger partial charge on any atom is 0.303 e. The molecule has 0 saturated heterocycles. The average molecular weight is 152 g/mol. The van der Waals surface area contributed by atoms with Crippen LogP contribution in [0.4, 0.5) is 0 Å². The van der Waals surface area contributed by atoms with Crippen LogP contribution in [0.15, 0.2) is 0 Å². The molecule has 0 rings (SSSR count). The van der Waals surface area contributed by atoms with Gasteiger partial charge in [-0.25, -0.2) is 0 Å². The van der Waals surface area contributed by atoms with E-state index in [1.54, 1.807) is 6.92 Å². The Kier molecular flexibility index (Phi) is 1.65. The quantitative estimate of drug-likeness (QED) is 0.634. The molecule has 60 valence electrons. The Morgan fingerprint density at radius 1 is 1.50 bits per heavy atom. The lowest BCUT2D eigenvalue weighted by atomic mass is 10.1. The lowest BCUT2D eigenvalue weighted by Gasteiger charge is -1.95. The SMILES string of the molecule is [2H]C([2H])(CCC)C([2H])([2H])C([2H])([2H])C([2H])([2H])C(=O)O. The number of rotatable bonds is 6. The van der Waals surface area contributed by atoms with Crippen molar-refractivity contribution in [2.45, 2.75) is 45.3 Å². The van der Waals surface area contributed by atoms with Crippen LogP contribution in [0.3, 0.4) is 0 Å². The van der Waals surface area contributed by atoms with Gasteiger partial charge in [0.1, 0.15) is 0 Å². The highest BCUT2D eigenvalue weighted by Gasteiger charge is 1.94. The first-order valence-corrected chi connectivity index (χ1v) is 2.99. The van der Waals surface area contributed by atoms with Crippen LogP contribution in [0.5, 0.6) is 0 Å². The molecule has 0 atom stereocenters. The average Bonchev–Trinajstić information content (AvgIpc) is 2.16. The molecule has 0 bridgehead atoms. The van der Waals surface area contributed by atoms with Crippen LogP contribution in [-0.4, -0.2) is 11.1 Å². The molecule has 2 nitrogen and oxygen atoms in total. The molecule has 0 fully saturated rings. The van der Waals surface area contributed by atoms with Gasteiger partial charge in [0.05, 0.1) is 0 Å². The molecule has 0 aliphatic heterocycles. The van der Waals surface area contributed by atoms with Gasteiger partial charge in [-0.3, -0.25) is 4.79 Å². The summed E-state index contributed by atoms with van der Waals surface area (Å²) in [5.41, 5.74) is 0. The second kappa shape index (κ2) is 6.59. The topological polar surface area (TPSA) is 37.3 Å². The first-order chi connectivity index (χ1) is 7.75. The molecule has 0 aromatic heterocycles. The fraction of sp³-hybridized carbons (Fsp3) is 0.875. The molecular weight excluding hydrogens is 128 g/mol. The number of carboxylic acids is 1. The van der Waals surface area contributed by atoms with Crippen molar-refractivity contribution in [3.05, 3.63) is 0 Å². The van der Waals surface area contributed by atoms with Gasteiger partial charge in [0.2, 0.25) is 0 Å². The summed E-state index contributed by atoms with van der Waals surface area (Å²) in [6.45, 7) is 1.56. The smallest absolute Gasteiger partial charge is 0.303 e. The van der Waals surface area contributed by atoms with Crippen molar-refractivity contribution >= 4 is 5.97 Å². The minimum absolute atomic E-state index is 0.221. The molecule has 0 aromatic carbocycles. The summed E-state index contributed by atoms with van der Waals surface area (Å²) in [6, 6.07) is 0. The third-order valence-electron chi connectivity index (χ3n) is 0.695. The molecule has 0 heterocycles. The second-order valence-electron chi connectivity index (χ2n) is 1.61. The van der Waals surface area contributed by atoms with Gasteiger partial charge in [-0.1, -0.05) is 32.5 Å². The highest BCUT2D eigenvalue weighted by atomic mass is 16.4.